The molecule has 2 aliphatic rings. The number of likely N-dealkylation sites (tertiary alicyclic amines) is 1. The second kappa shape index (κ2) is 7.77. The molecule has 0 saturated carbocycles. The maximum atomic E-state index is 15.1. The molecule has 1 saturated heterocycles. The first-order valence-corrected chi connectivity index (χ1v) is 10.1. The fourth-order valence-electron chi connectivity index (χ4n) is 3.83. The predicted molar refractivity (Wildman–Crippen MR) is 103 cm³/mol. The normalized spacial score (nSPS) is 19.5. The smallest absolute Gasteiger partial charge is 0.338 e. The highest BCUT2D eigenvalue weighted by atomic mass is 32.1. The fourth-order valence-corrected chi connectivity index (χ4v) is 4.25. The number of benzene rings is 1. The Kier molecular flexibility index (Phi) is 5.32. The van der Waals surface area contributed by atoms with Crippen molar-refractivity contribution in [1.29, 1.82) is 0 Å². The first-order valence-electron chi connectivity index (χ1n) is 9.35. The third-order valence-electron chi connectivity index (χ3n) is 5.65. The van der Waals surface area contributed by atoms with Crippen LogP contribution in [-0.2, 0) is 16.1 Å². The van der Waals surface area contributed by atoms with E-state index in [2.05, 4.69) is 14.9 Å². The number of alkyl halides is 1. The zero-order valence-electron chi connectivity index (χ0n) is 15.9. The van der Waals surface area contributed by atoms with Gasteiger partial charge in [-0.2, -0.15) is 0 Å². The Bertz CT molecular complexity index is 929. The van der Waals surface area contributed by atoms with Crippen LogP contribution in [0.15, 0.2) is 18.3 Å². The Balaban J connectivity index is 1.36. The maximum Gasteiger partial charge on any atom is 0.338 e. The van der Waals surface area contributed by atoms with Crippen molar-refractivity contribution in [1.82, 2.24) is 14.5 Å². The van der Waals surface area contributed by atoms with Gasteiger partial charge in [-0.1, -0.05) is 10.6 Å². The van der Waals surface area contributed by atoms with E-state index in [0.717, 1.165) is 28.2 Å². The van der Waals surface area contributed by atoms with E-state index >= 15 is 4.39 Å². The summed E-state index contributed by atoms with van der Waals surface area (Å²) in [6, 6.07) is 3.42. The average Bonchev–Trinajstić information content (AvgIpc) is 3.34. The van der Waals surface area contributed by atoms with E-state index in [1.807, 2.05) is 11.8 Å². The summed E-state index contributed by atoms with van der Waals surface area (Å²) in [5.74, 6) is -1.02. The number of nitrogens with zero attached hydrogens (tertiary/aromatic N) is 3. The highest BCUT2D eigenvalue weighted by Crippen LogP contribution is 2.32. The van der Waals surface area contributed by atoms with Crippen molar-refractivity contribution in [2.45, 2.75) is 38.1 Å². The molecule has 0 bridgehead atoms. The molecule has 1 fully saturated rings. The minimum Gasteiger partial charge on any atom is -0.457 e. The number of nitrogens with one attached hydrogen (secondary N) is 1. The van der Waals surface area contributed by atoms with Gasteiger partial charge in [0.25, 0.3) is 5.91 Å². The average molecular weight is 420 g/mol. The standard InChI is InChI=1S/C19H21FN4O4S/c1-11-12(2-3-13-14(11)10-28-17(13)26)15(25)9-24-6-4-19(20,5-7-24)18(27)22-16-8-21-23-29-16/h2-3,8,15,25H,4-7,9-10H2,1H3,(H,22,27). The molecular formula is C19H21FN4O4S. The largest absolute Gasteiger partial charge is 0.457 e. The van der Waals surface area contributed by atoms with E-state index in [1.54, 1.807) is 12.1 Å². The van der Waals surface area contributed by atoms with E-state index in [9.17, 15) is 14.7 Å². The zero-order chi connectivity index (χ0) is 20.6. The number of aliphatic hydroxyl groups is 1. The first-order chi connectivity index (χ1) is 13.9. The minimum atomic E-state index is -1.95. The van der Waals surface area contributed by atoms with E-state index in [1.165, 1.54) is 6.20 Å². The van der Waals surface area contributed by atoms with Crippen LogP contribution >= 0.6 is 11.5 Å². The van der Waals surface area contributed by atoms with Gasteiger partial charge in [-0.3, -0.25) is 4.79 Å². The summed E-state index contributed by atoms with van der Waals surface area (Å²) < 4.78 is 23.8. The number of ether oxygens (including phenoxy) is 1. The van der Waals surface area contributed by atoms with Crippen LogP contribution in [0, 0.1) is 6.92 Å². The molecule has 8 nitrogen and oxygen atoms in total. The SMILES string of the molecule is Cc1c(C(O)CN2CCC(F)(C(=O)Nc3cnns3)CC2)ccc2c1COC2=O. The van der Waals surface area contributed by atoms with Crippen molar-refractivity contribution in [3.63, 3.8) is 0 Å². The number of aromatic nitrogens is 2. The van der Waals surface area contributed by atoms with Gasteiger partial charge in [-0.05, 0) is 24.1 Å². The van der Waals surface area contributed by atoms with Gasteiger partial charge in [0.1, 0.15) is 11.6 Å². The number of rotatable bonds is 5. The van der Waals surface area contributed by atoms with E-state index in [4.69, 9.17) is 4.74 Å². The number of fused-ring (bicyclic) bond motifs is 1. The Hall–Kier alpha value is -2.43. The Morgan fingerprint density at radius 1 is 1.45 bits per heavy atom. The number of anilines is 1. The summed E-state index contributed by atoms with van der Waals surface area (Å²) in [5.41, 5.74) is 0.972. The number of piperidine rings is 1. The molecule has 0 spiro atoms. The van der Waals surface area contributed by atoms with Crippen molar-refractivity contribution in [2.24, 2.45) is 0 Å². The fraction of sp³-hybridized carbons (Fsp3) is 0.474. The molecule has 154 valence electrons. The Morgan fingerprint density at radius 3 is 2.90 bits per heavy atom. The number of esters is 1. The molecule has 1 unspecified atom stereocenters. The number of amides is 1. The molecule has 1 atom stereocenters. The van der Waals surface area contributed by atoms with Crippen molar-refractivity contribution >= 4 is 28.4 Å². The predicted octanol–water partition coefficient (Wildman–Crippen LogP) is 1.99. The molecule has 2 aliphatic heterocycles. The molecule has 1 aromatic carbocycles. The van der Waals surface area contributed by atoms with Crippen molar-refractivity contribution < 1.29 is 23.8 Å². The van der Waals surface area contributed by atoms with Gasteiger partial charge in [0, 0.05) is 49.6 Å². The Morgan fingerprint density at radius 2 is 2.21 bits per heavy atom. The molecule has 3 heterocycles. The van der Waals surface area contributed by atoms with Gasteiger partial charge in [0.2, 0.25) is 0 Å². The first kappa shape index (κ1) is 19.9. The number of aliphatic hydroxyl groups excluding tert-OH is 1. The second-order valence-electron chi connectivity index (χ2n) is 7.40. The lowest BCUT2D eigenvalue weighted by molar-refractivity contribution is -0.130. The third kappa shape index (κ3) is 3.87. The lowest BCUT2D eigenvalue weighted by atomic mass is 9.91. The van der Waals surface area contributed by atoms with Gasteiger partial charge >= 0.3 is 5.97 Å². The molecule has 29 heavy (non-hydrogen) atoms. The quantitative estimate of drug-likeness (QED) is 0.713. The van der Waals surface area contributed by atoms with Crippen molar-refractivity contribution in [3.05, 3.63) is 40.6 Å². The van der Waals surface area contributed by atoms with E-state index < -0.39 is 17.7 Å². The lowest BCUT2D eigenvalue weighted by Crippen LogP contribution is -2.49. The molecule has 0 aliphatic carbocycles. The van der Waals surface area contributed by atoms with Crippen LogP contribution in [0.1, 0.15) is 46.0 Å². The number of hydrogen-bond acceptors (Lipinski definition) is 8. The number of cyclic esters (lactones) is 1. The number of hydrogen-bond donors (Lipinski definition) is 2. The van der Waals surface area contributed by atoms with Crippen LogP contribution in [0.2, 0.25) is 0 Å². The molecular weight excluding hydrogens is 399 g/mol. The number of halogens is 1. The summed E-state index contributed by atoms with van der Waals surface area (Å²) in [6.45, 7) is 3.12. The molecule has 0 radical (unpaired) electrons. The summed E-state index contributed by atoms with van der Waals surface area (Å²) in [6.07, 6.45) is 0.696. The van der Waals surface area contributed by atoms with E-state index in [0.29, 0.717) is 30.2 Å². The van der Waals surface area contributed by atoms with Crippen LogP contribution < -0.4 is 5.32 Å². The van der Waals surface area contributed by atoms with Crippen LogP contribution in [0.3, 0.4) is 0 Å². The molecule has 2 N–H and O–H groups in total. The van der Waals surface area contributed by atoms with Gasteiger partial charge in [-0.15, -0.1) is 5.10 Å². The summed E-state index contributed by atoms with van der Waals surface area (Å²) >= 11 is 0.997. The Labute approximate surface area is 170 Å². The van der Waals surface area contributed by atoms with Crippen LogP contribution in [0.25, 0.3) is 0 Å². The monoisotopic (exact) mass is 420 g/mol. The van der Waals surface area contributed by atoms with Gasteiger partial charge in [0.15, 0.2) is 5.67 Å². The van der Waals surface area contributed by atoms with Crippen molar-refractivity contribution in [3.8, 4) is 0 Å². The number of carbonyl (C=O) groups is 2. The summed E-state index contributed by atoms with van der Waals surface area (Å²) in [7, 11) is 0. The maximum absolute atomic E-state index is 15.1. The highest BCUT2D eigenvalue weighted by molar-refractivity contribution is 7.10. The summed E-state index contributed by atoms with van der Waals surface area (Å²) in [5, 5.41) is 17.3. The molecule has 1 amide bonds. The van der Waals surface area contributed by atoms with Gasteiger partial charge in [0.05, 0.1) is 17.9 Å². The summed E-state index contributed by atoms with van der Waals surface area (Å²) in [4.78, 5) is 25.9. The minimum absolute atomic E-state index is 0.0449. The molecule has 4 rings (SSSR count). The lowest BCUT2D eigenvalue weighted by Gasteiger charge is -2.36. The highest BCUT2D eigenvalue weighted by Gasteiger charge is 2.42. The van der Waals surface area contributed by atoms with Crippen LogP contribution in [-0.4, -0.2) is 56.8 Å². The van der Waals surface area contributed by atoms with Crippen LogP contribution in [0.5, 0.6) is 0 Å². The van der Waals surface area contributed by atoms with Gasteiger partial charge in [-0.25, -0.2) is 9.18 Å². The topological polar surface area (TPSA) is 105 Å². The number of β-amino-alcohol motifs (C(OH)–C–C–N with tert-alkyl or cyclic N) is 1. The van der Waals surface area contributed by atoms with E-state index in [-0.39, 0.29) is 25.4 Å². The second-order valence-corrected chi connectivity index (χ2v) is 8.19. The third-order valence-corrected chi connectivity index (χ3v) is 6.23. The molecule has 2 aromatic rings. The zero-order valence-corrected chi connectivity index (χ0v) is 16.7. The van der Waals surface area contributed by atoms with Crippen LogP contribution in [0.4, 0.5) is 9.39 Å². The molecule has 1 aromatic heterocycles. The van der Waals surface area contributed by atoms with Gasteiger partial charge < -0.3 is 20.1 Å². The van der Waals surface area contributed by atoms with Crippen molar-refractivity contribution in [2.75, 3.05) is 25.0 Å². The molecule has 10 heteroatoms. The number of carbonyl (C=O) groups excluding carboxylic acids is 2.